The summed E-state index contributed by atoms with van der Waals surface area (Å²) in [6.07, 6.45) is 8.40. The van der Waals surface area contributed by atoms with Gasteiger partial charge in [-0.25, -0.2) is 4.98 Å². The molecule has 0 atom stereocenters. The molecule has 1 aromatic rings. The number of aryl methyl sites for hydroxylation is 1. The molecule has 18 heavy (non-hydrogen) atoms. The second kappa shape index (κ2) is 8.27. The first kappa shape index (κ1) is 14.2. The van der Waals surface area contributed by atoms with E-state index in [4.69, 9.17) is 5.11 Å². The van der Waals surface area contributed by atoms with E-state index in [2.05, 4.69) is 10.3 Å². The van der Waals surface area contributed by atoms with E-state index in [1.54, 1.807) is 12.5 Å². The van der Waals surface area contributed by atoms with Gasteiger partial charge < -0.3 is 15.0 Å². The predicted molar refractivity (Wildman–Crippen MR) is 66.0 cm³/mol. The van der Waals surface area contributed by atoms with Crippen LogP contribution in [0.3, 0.4) is 0 Å². The van der Waals surface area contributed by atoms with Crippen LogP contribution in [0.5, 0.6) is 0 Å². The van der Waals surface area contributed by atoms with E-state index in [-0.39, 0.29) is 18.7 Å². The van der Waals surface area contributed by atoms with Gasteiger partial charge >= 0.3 is 5.97 Å². The molecule has 0 aliphatic rings. The Morgan fingerprint density at radius 3 is 2.72 bits per heavy atom. The molecule has 0 bridgehead atoms. The van der Waals surface area contributed by atoms with Crippen LogP contribution in [0.25, 0.3) is 0 Å². The number of carbonyl (C=O) groups is 2. The molecule has 0 saturated carbocycles. The van der Waals surface area contributed by atoms with E-state index in [1.165, 1.54) is 0 Å². The molecule has 0 unspecified atom stereocenters. The molecule has 0 spiro atoms. The number of carbonyl (C=O) groups excluding carboxylic acids is 1. The minimum atomic E-state index is -0.939. The molecular formula is C12H19N3O3. The maximum absolute atomic E-state index is 11.2. The SMILES string of the molecule is O=C(O)CCC(=O)NCCCCCn1ccnc1. The predicted octanol–water partition coefficient (Wildman–Crippen LogP) is 1.03. The topological polar surface area (TPSA) is 84.2 Å². The zero-order valence-electron chi connectivity index (χ0n) is 10.3. The van der Waals surface area contributed by atoms with Crippen LogP contribution in [-0.4, -0.2) is 33.1 Å². The van der Waals surface area contributed by atoms with Gasteiger partial charge in [-0.2, -0.15) is 0 Å². The first-order chi connectivity index (χ1) is 8.68. The fraction of sp³-hybridized carbons (Fsp3) is 0.583. The van der Waals surface area contributed by atoms with Crippen molar-refractivity contribution in [2.24, 2.45) is 0 Å². The zero-order chi connectivity index (χ0) is 13.2. The van der Waals surface area contributed by atoms with Crippen LogP contribution >= 0.6 is 0 Å². The van der Waals surface area contributed by atoms with Crippen molar-refractivity contribution in [2.75, 3.05) is 6.54 Å². The average Bonchev–Trinajstić information content (AvgIpc) is 2.84. The number of hydrogen-bond donors (Lipinski definition) is 2. The summed E-state index contributed by atoms with van der Waals surface area (Å²) in [4.78, 5) is 25.4. The number of carboxylic acid groups (broad SMARTS) is 1. The van der Waals surface area contributed by atoms with Crippen molar-refractivity contribution in [3.8, 4) is 0 Å². The Bertz CT molecular complexity index is 363. The highest BCUT2D eigenvalue weighted by atomic mass is 16.4. The van der Waals surface area contributed by atoms with Gasteiger partial charge in [-0.3, -0.25) is 9.59 Å². The summed E-state index contributed by atoms with van der Waals surface area (Å²) in [7, 11) is 0. The van der Waals surface area contributed by atoms with Crippen molar-refractivity contribution < 1.29 is 14.7 Å². The molecule has 0 radical (unpaired) electrons. The van der Waals surface area contributed by atoms with Gasteiger partial charge in [0.15, 0.2) is 0 Å². The van der Waals surface area contributed by atoms with Crippen molar-refractivity contribution in [3.63, 3.8) is 0 Å². The fourth-order valence-corrected chi connectivity index (χ4v) is 1.55. The minimum absolute atomic E-state index is 0.0599. The lowest BCUT2D eigenvalue weighted by Crippen LogP contribution is -2.24. The zero-order valence-corrected chi connectivity index (χ0v) is 10.3. The summed E-state index contributed by atoms with van der Waals surface area (Å²) >= 11 is 0. The van der Waals surface area contributed by atoms with E-state index in [1.807, 2.05) is 10.8 Å². The van der Waals surface area contributed by atoms with E-state index in [9.17, 15) is 9.59 Å². The first-order valence-corrected chi connectivity index (χ1v) is 6.12. The third kappa shape index (κ3) is 6.67. The summed E-state index contributed by atoms with van der Waals surface area (Å²) in [5.74, 6) is -1.13. The minimum Gasteiger partial charge on any atom is -0.481 e. The van der Waals surface area contributed by atoms with Crippen molar-refractivity contribution in [2.45, 2.75) is 38.6 Å². The number of aromatic nitrogens is 2. The van der Waals surface area contributed by atoms with Crippen LogP contribution in [0.1, 0.15) is 32.1 Å². The van der Waals surface area contributed by atoms with Gasteiger partial charge in [-0.15, -0.1) is 0 Å². The Balaban J connectivity index is 1.92. The number of carboxylic acids is 1. The Morgan fingerprint density at radius 1 is 1.22 bits per heavy atom. The molecule has 6 nitrogen and oxygen atoms in total. The van der Waals surface area contributed by atoms with Crippen LogP contribution in [-0.2, 0) is 16.1 Å². The third-order valence-electron chi connectivity index (χ3n) is 2.54. The number of imidazole rings is 1. The fourth-order valence-electron chi connectivity index (χ4n) is 1.55. The molecule has 0 aliphatic carbocycles. The Kier molecular flexibility index (Phi) is 6.53. The average molecular weight is 253 g/mol. The van der Waals surface area contributed by atoms with E-state index in [0.29, 0.717) is 6.54 Å². The molecule has 1 rings (SSSR count). The van der Waals surface area contributed by atoms with Gasteiger partial charge in [0.1, 0.15) is 0 Å². The molecule has 0 saturated heterocycles. The lowest BCUT2D eigenvalue weighted by atomic mass is 10.2. The number of amides is 1. The largest absolute Gasteiger partial charge is 0.481 e. The molecule has 1 aromatic heterocycles. The van der Waals surface area contributed by atoms with Gasteiger partial charge in [-0.05, 0) is 19.3 Å². The van der Waals surface area contributed by atoms with E-state index < -0.39 is 5.97 Å². The second-order valence-corrected chi connectivity index (χ2v) is 4.10. The highest BCUT2D eigenvalue weighted by Gasteiger charge is 2.03. The van der Waals surface area contributed by atoms with Gasteiger partial charge in [0.2, 0.25) is 5.91 Å². The van der Waals surface area contributed by atoms with Gasteiger partial charge in [-0.1, -0.05) is 0 Å². The van der Waals surface area contributed by atoms with Crippen molar-refractivity contribution in [1.29, 1.82) is 0 Å². The summed E-state index contributed by atoms with van der Waals surface area (Å²) in [5.41, 5.74) is 0. The first-order valence-electron chi connectivity index (χ1n) is 6.12. The van der Waals surface area contributed by atoms with Crippen molar-refractivity contribution in [3.05, 3.63) is 18.7 Å². The highest BCUT2D eigenvalue weighted by molar-refractivity contribution is 5.80. The highest BCUT2D eigenvalue weighted by Crippen LogP contribution is 1.98. The molecule has 6 heteroatoms. The number of rotatable bonds is 9. The summed E-state index contributed by atoms with van der Waals surface area (Å²) in [6.45, 7) is 1.55. The number of nitrogens with zero attached hydrogens (tertiary/aromatic N) is 2. The van der Waals surface area contributed by atoms with E-state index >= 15 is 0 Å². The number of unbranched alkanes of at least 4 members (excludes halogenated alkanes) is 2. The normalized spacial score (nSPS) is 10.2. The maximum atomic E-state index is 11.2. The molecule has 1 amide bonds. The maximum Gasteiger partial charge on any atom is 0.303 e. The molecule has 2 N–H and O–H groups in total. The van der Waals surface area contributed by atoms with Crippen LogP contribution in [0, 0.1) is 0 Å². The van der Waals surface area contributed by atoms with Crippen LogP contribution < -0.4 is 5.32 Å². The molecule has 1 heterocycles. The van der Waals surface area contributed by atoms with Crippen molar-refractivity contribution in [1.82, 2.24) is 14.9 Å². The monoisotopic (exact) mass is 253 g/mol. The Labute approximate surface area is 106 Å². The van der Waals surface area contributed by atoms with E-state index in [0.717, 1.165) is 25.8 Å². The van der Waals surface area contributed by atoms with Gasteiger partial charge in [0, 0.05) is 31.9 Å². The molecule has 100 valence electrons. The summed E-state index contributed by atoms with van der Waals surface area (Å²) < 4.78 is 2.02. The summed E-state index contributed by atoms with van der Waals surface area (Å²) in [6, 6.07) is 0. The number of hydrogen-bond acceptors (Lipinski definition) is 3. The number of nitrogens with one attached hydrogen (secondary N) is 1. The number of aliphatic carboxylic acids is 1. The van der Waals surface area contributed by atoms with Crippen LogP contribution in [0.15, 0.2) is 18.7 Å². The van der Waals surface area contributed by atoms with Crippen LogP contribution in [0.2, 0.25) is 0 Å². The quantitative estimate of drug-likeness (QED) is 0.644. The standard InChI is InChI=1S/C12H19N3O3/c16-11(4-5-12(17)18)14-6-2-1-3-8-15-9-7-13-10-15/h7,9-10H,1-6,8H2,(H,14,16)(H,17,18). The van der Waals surface area contributed by atoms with Crippen molar-refractivity contribution >= 4 is 11.9 Å². The molecule has 0 aliphatic heterocycles. The second-order valence-electron chi connectivity index (χ2n) is 4.10. The third-order valence-corrected chi connectivity index (χ3v) is 2.54. The molecule has 0 fully saturated rings. The lowest BCUT2D eigenvalue weighted by molar-refractivity contribution is -0.138. The summed E-state index contributed by atoms with van der Waals surface area (Å²) in [5, 5.41) is 11.1. The Morgan fingerprint density at radius 2 is 2.06 bits per heavy atom. The van der Waals surface area contributed by atoms with Gasteiger partial charge in [0.25, 0.3) is 0 Å². The van der Waals surface area contributed by atoms with Crippen LogP contribution in [0.4, 0.5) is 0 Å². The molecule has 0 aromatic carbocycles. The molecular weight excluding hydrogens is 234 g/mol. The smallest absolute Gasteiger partial charge is 0.303 e. The lowest BCUT2D eigenvalue weighted by Gasteiger charge is -2.04. The van der Waals surface area contributed by atoms with Gasteiger partial charge in [0.05, 0.1) is 12.7 Å². The Hall–Kier alpha value is -1.85.